The van der Waals surface area contributed by atoms with Crippen LogP contribution in [0.4, 0.5) is 4.39 Å². The Morgan fingerprint density at radius 3 is 2.79 bits per heavy atom. The molecule has 1 nitrogen and oxygen atoms in total. The third kappa shape index (κ3) is 1.97. The second-order valence-electron chi connectivity index (χ2n) is 3.64. The van der Waals surface area contributed by atoms with E-state index in [0.29, 0.717) is 24.5 Å². The van der Waals surface area contributed by atoms with Gasteiger partial charge in [0, 0.05) is 16.4 Å². The molecule has 3 heteroatoms. The van der Waals surface area contributed by atoms with E-state index >= 15 is 0 Å². The third-order valence-corrected chi connectivity index (χ3v) is 3.58. The van der Waals surface area contributed by atoms with Crippen molar-refractivity contribution in [2.24, 2.45) is 0 Å². The van der Waals surface area contributed by atoms with Crippen molar-refractivity contribution >= 4 is 28.4 Å². The molecule has 0 bridgehead atoms. The minimum absolute atomic E-state index is 0.206. The van der Waals surface area contributed by atoms with E-state index in [1.165, 1.54) is 12.1 Å². The molecule has 1 aromatic carbocycles. The number of Topliss-reactive ketones (excluding diaryl/α,β-unsaturated/α-hetero) is 1. The van der Waals surface area contributed by atoms with Gasteiger partial charge < -0.3 is 0 Å². The van der Waals surface area contributed by atoms with E-state index < -0.39 is 0 Å². The molecule has 0 saturated heterocycles. The van der Waals surface area contributed by atoms with Gasteiger partial charge in [0.05, 0.1) is 0 Å². The fraction of sp³-hybridized carbons (Fsp3) is 0.364. The summed E-state index contributed by atoms with van der Waals surface area (Å²) in [6, 6.07) is 4.80. The molecule has 0 radical (unpaired) electrons. The molecule has 0 N–H and O–H groups in total. The van der Waals surface area contributed by atoms with Gasteiger partial charge in [-0.3, -0.25) is 4.79 Å². The number of rotatable bonds is 1. The third-order valence-electron chi connectivity index (χ3n) is 2.65. The van der Waals surface area contributed by atoms with E-state index in [2.05, 4.69) is 22.6 Å². The molecule has 0 aliphatic heterocycles. The number of carbonyl (C=O) groups excluding carboxylic acids is 1. The van der Waals surface area contributed by atoms with Gasteiger partial charge in [0.25, 0.3) is 0 Å². The molecule has 1 aromatic rings. The lowest BCUT2D eigenvalue weighted by molar-refractivity contribution is -0.117. The van der Waals surface area contributed by atoms with Crippen LogP contribution >= 0.6 is 22.6 Å². The van der Waals surface area contributed by atoms with Crippen molar-refractivity contribution < 1.29 is 9.18 Å². The summed E-state index contributed by atoms with van der Waals surface area (Å²) in [7, 11) is 0. The maximum absolute atomic E-state index is 12.8. The van der Waals surface area contributed by atoms with Crippen molar-refractivity contribution in [3.05, 3.63) is 33.1 Å². The molecule has 0 aromatic heterocycles. The van der Waals surface area contributed by atoms with E-state index in [4.69, 9.17) is 0 Å². The van der Waals surface area contributed by atoms with Crippen molar-refractivity contribution in [3.63, 3.8) is 0 Å². The van der Waals surface area contributed by atoms with E-state index in [1.54, 1.807) is 6.07 Å². The highest BCUT2D eigenvalue weighted by atomic mass is 127. The van der Waals surface area contributed by atoms with Crippen molar-refractivity contribution in [1.29, 1.82) is 0 Å². The summed E-state index contributed by atoms with van der Waals surface area (Å²) in [6.07, 6.45) is 2.22. The predicted molar refractivity (Wildman–Crippen MR) is 60.7 cm³/mol. The lowest BCUT2D eigenvalue weighted by atomic mass is 9.98. The zero-order valence-corrected chi connectivity index (χ0v) is 9.75. The normalized spacial score (nSPS) is 21.6. The summed E-state index contributed by atoms with van der Waals surface area (Å²) in [5, 5.41) is 0. The maximum Gasteiger partial charge on any atom is 0.133 e. The topological polar surface area (TPSA) is 17.1 Å². The molecule has 1 atom stereocenters. The molecule has 1 fully saturated rings. The Bertz CT molecular complexity index is 376. The fourth-order valence-electron chi connectivity index (χ4n) is 1.91. The Morgan fingerprint density at radius 2 is 2.21 bits per heavy atom. The summed E-state index contributed by atoms with van der Waals surface area (Å²) in [5.74, 6) is 0.438. The molecule has 1 aliphatic carbocycles. The molecule has 14 heavy (non-hydrogen) atoms. The number of ketones is 1. The molecule has 0 heterocycles. The van der Waals surface area contributed by atoms with E-state index in [0.717, 1.165) is 15.6 Å². The average Bonchev–Trinajstić information content (AvgIpc) is 2.51. The number of hydrogen-bond donors (Lipinski definition) is 0. The number of hydrogen-bond acceptors (Lipinski definition) is 1. The van der Waals surface area contributed by atoms with Crippen molar-refractivity contribution in [1.82, 2.24) is 0 Å². The Hall–Kier alpha value is -0.450. The molecule has 2 rings (SSSR count). The van der Waals surface area contributed by atoms with Gasteiger partial charge in [-0.05, 0) is 52.6 Å². The van der Waals surface area contributed by atoms with E-state index in [9.17, 15) is 9.18 Å². The number of carbonyl (C=O) groups is 1. The van der Waals surface area contributed by atoms with Gasteiger partial charge in [0.2, 0.25) is 0 Å². The van der Waals surface area contributed by atoms with Gasteiger partial charge in [-0.2, -0.15) is 0 Å². The molecule has 1 saturated carbocycles. The van der Waals surface area contributed by atoms with Crippen molar-refractivity contribution in [2.45, 2.75) is 25.2 Å². The molecule has 1 aliphatic rings. The first kappa shape index (κ1) is 10.1. The molecule has 74 valence electrons. The van der Waals surface area contributed by atoms with Crippen LogP contribution in [0, 0.1) is 9.39 Å². The Kier molecular flexibility index (Phi) is 2.85. The molecule has 0 amide bonds. The minimum atomic E-state index is -0.206. The van der Waals surface area contributed by atoms with E-state index in [-0.39, 0.29) is 5.82 Å². The van der Waals surface area contributed by atoms with Crippen LogP contribution in [0.25, 0.3) is 0 Å². The first-order valence-electron chi connectivity index (χ1n) is 4.63. The first-order chi connectivity index (χ1) is 6.66. The van der Waals surface area contributed by atoms with Gasteiger partial charge in [-0.15, -0.1) is 0 Å². The second-order valence-corrected chi connectivity index (χ2v) is 4.81. The predicted octanol–water partition coefficient (Wildman–Crippen LogP) is 3.27. The van der Waals surface area contributed by atoms with Crippen molar-refractivity contribution in [3.8, 4) is 0 Å². The Balaban J connectivity index is 2.28. The molecular weight excluding hydrogens is 294 g/mol. The van der Waals surface area contributed by atoms with Gasteiger partial charge in [-0.25, -0.2) is 4.39 Å². The molecule has 0 spiro atoms. The Labute approximate surface area is 95.8 Å². The zero-order valence-electron chi connectivity index (χ0n) is 7.59. The summed E-state index contributed by atoms with van der Waals surface area (Å²) < 4.78 is 13.8. The quantitative estimate of drug-likeness (QED) is 0.728. The first-order valence-corrected chi connectivity index (χ1v) is 5.71. The second kappa shape index (κ2) is 3.96. The SMILES string of the molecule is O=C1CCC(c2ccc(F)cc2I)C1. The van der Waals surface area contributed by atoms with Gasteiger partial charge >= 0.3 is 0 Å². The molecule has 1 unspecified atom stereocenters. The van der Waals surface area contributed by atoms with Crippen molar-refractivity contribution in [2.75, 3.05) is 0 Å². The van der Waals surface area contributed by atoms with Crippen LogP contribution in [0.15, 0.2) is 18.2 Å². The van der Waals surface area contributed by atoms with Gasteiger partial charge in [-0.1, -0.05) is 6.07 Å². The lowest BCUT2D eigenvalue weighted by Gasteiger charge is -2.10. The van der Waals surface area contributed by atoms with Crippen LogP contribution < -0.4 is 0 Å². The maximum atomic E-state index is 12.8. The Morgan fingerprint density at radius 1 is 1.43 bits per heavy atom. The number of halogens is 2. The highest BCUT2D eigenvalue weighted by Gasteiger charge is 2.24. The standard InChI is InChI=1S/C11H10FIO/c12-8-2-4-10(11(13)6-8)7-1-3-9(14)5-7/h2,4,6-7H,1,3,5H2. The van der Waals surface area contributed by atoms with Crippen LogP contribution in [0.1, 0.15) is 30.7 Å². The molecular formula is C11H10FIO. The van der Waals surface area contributed by atoms with Crippen LogP contribution in [-0.4, -0.2) is 5.78 Å². The lowest BCUT2D eigenvalue weighted by Crippen LogP contribution is -1.97. The van der Waals surface area contributed by atoms with Crippen LogP contribution in [0.2, 0.25) is 0 Å². The van der Waals surface area contributed by atoms with Gasteiger partial charge in [0.15, 0.2) is 0 Å². The monoisotopic (exact) mass is 304 g/mol. The highest BCUT2D eigenvalue weighted by molar-refractivity contribution is 14.1. The van der Waals surface area contributed by atoms with E-state index in [1.807, 2.05) is 0 Å². The van der Waals surface area contributed by atoms with Crippen LogP contribution in [0.3, 0.4) is 0 Å². The fourth-order valence-corrected chi connectivity index (χ4v) is 2.83. The summed E-state index contributed by atoms with van der Waals surface area (Å²) in [6.45, 7) is 0. The summed E-state index contributed by atoms with van der Waals surface area (Å²) >= 11 is 2.13. The zero-order chi connectivity index (χ0) is 10.1. The summed E-state index contributed by atoms with van der Waals surface area (Å²) in [4.78, 5) is 11.1. The van der Waals surface area contributed by atoms with Crippen LogP contribution in [0.5, 0.6) is 0 Å². The average molecular weight is 304 g/mol. The largest absolute Gasteiger partial charge is 0.300 e. The highest BCUT2D eigenvalue weighted by Crippen LogP contribution is 2.34. The smallest absolute Gasteiger partial charge is 0.133 e. The summed E-state index contributed by atoms with van der Waals surface area (Å²) in [5.41, 5.74) is 1.12. The minimum Gasteiger partial charge on any atom is -0.300 e. The number of benzene rings is 1. The van der Waals surface area contributed by atoms with Gasteiger partial charge in [0.1, 0.15) is 11.6 Å². The van der Waals surface area contributed by atoms with Crippen LogP contribution in [-0.2, 0) is 4.79 Å².